The van der Waals surface area contributed by atoms with Gasteiger partial charge in [0.2, 0.25) is 6.71 Å². The minimum atomic E-state index is -0.0397. The average Bonchev–Trinajstić information content (AvgIpc) is 3.61. The van der Waals surface area contributed by atoms with Crippen LogP contribution in [0.25, 0.3) is 38.6 Å². The molecule has 0 amide bonds. The van der Waals surface area contributed by atoms with Crippen molar-refractivity contribution in [3.05, 3.63) is 162 Å². The Kier molecular flexibility index (Phi) is 10.3. The highest BCUT2D eigenvalue weighted by molar-refractivity contribution is 8.00. The number of nitrogens with zero attached hydrogens (tertiary/aromatic N) is 2. The van der Waals surface area contributed by atoms with Crippen molar-refractivity contribution in [2.75, 3.05) is 4.90 Å². The van der Waals surface area contributed by atoms with E-state index in [1.54, 1.807) is 0 Å². The Bertz CT molecular complexity index is 2910. The van der Waals surface area contributed by atoms with Crippen LogP contribution in [-0.4, -0.2) is 11.3 Å². The highest BCUT2D eigenvalue weighted by Gasteiger charge is 2.43. The summed E-state index contributed by atoms with van der Waals surface area (Å²) >= 11 is 1.98. The molecule has 10 rings (SSSR count). The lowest BCUT2D eigenvalue weighted by molar-refractivity contribution is 0.587. The molecule has 2 aliphatic heterocycles. The number of aromatic nitrogens is 1. The van der Waals surface area contributed by atoms with E-state index in [4.69, 9.17) is 0 Å². The molecule has 0 spiro atoms. The van der Waals surface area contributed by atoms with Gasteiger partial charge in [-0.1, -0.05) is 183 Å². The Balaban J connectivity index is 1.27. The SMILES string of the molecule is CCCCc1cc(C(C)(C)C)cc(CCCC)c1N1c2ccc(-c3ccccc3)cc2B2c3ccc(-n4c5ccccc5c5ccccc54)cc3Sc3cc(C(C)(C)C)cc1c32. The molecule has 0 unspecified atom stereocenters. The lowest BCUT2D eigenvalue weighted by Gasteiger charge is -2.43. The predicted molar refractivity (Wildman–Crippen MR) is 271 cm³/mol. The summed E-state index contributed by atoms with van der Waals surface area (Å²) in [6, 6.07) is 53.7. The van der Waals surface area contributed by atoms with Gasteiger partial charge in [0, 0.05) is 37.6 Å². The van der Waals surface area contributed by atoms with Gasteiger partial charge >= 0.3 is 0 Å². The van der Waals surface area contributed by atoms with Crippen LogP contribution in [0, 0.1) is 0 Å². The predicted octanol–water partition coefficient (Wildman–Crippen LogP) is 14.5. The maximum atomic E-state index is 2.75. The zero-order chi connectivity index (χ0) is 42.9. The van der Waals surface area contributed by atoms with Gasteiger partial charge in [-0.2, -0.15) is 0 Å². The zero-order valence-electron chi connectivity index (χ0n) is 37.9. The number of anilines is 3. The summed E-state index contributed by atoms with van der Waals surface area (Å²) in [6.07, 6.45) is 6.81. The third-order valence-electron chi connectivity index (χ3n) is 13.5. The summed E-state index contributed by atoms with van der Waals surface area (Å²) in [6.45, 7) is 19.0. The smallest absolute Gasteiger partial charge is 0.249 e. The van der Waals surface area contributed by atoms with Gasteiger partial charge in [0.25, 0.3) is 0 Å². The van der Waals surface area contributed by atoms with Gasteiger partial charge in [-0.15, -0.1) is 0 Å². The molecule has 0 atom stereocenters. The van der Waals surface area contributed by atoms with Crippen LogP contribution in [0.4, 0.5) is 17.1 Å². The molecule has 0 saturated heterocycles. The van der Waals surface area contributed by atoms with Crippen LogP contribution in [0.5, 0.6) is 0 Å². The van der Waals surface area contributed by atoms with Crippen LogP contribution in [0.3, 0.4) is 0 Å². The van der Waals surface area contributed by atoms with E-state index in [-0.39, 0.29) is 17.5 Å². The van der Waals surface area contributed by atoms with Crippen molar-refractivity contribution in [3.8, 4) is 16.8 Å². The maximum Gasteiger partial charge on any atom is 0.249 e. The number of hydrogen-bond donors (Lipinski definition) is 0. The van der Waals surface area contributed by atoms with E-state index in [2.05, 4.69) is 204 Å². The van der Waals surface area contributed by atoms with Crippen molar-refractivity contribution in [1.82, 2.24) is 4.57 Å². The summed E-state index contributed by atoms with van der Waals surface area (Å²) in [5, 5.41) is 2.58. The van der Waals surface area contributed by atoms with Crippen LogP contribution in [0.1, 0.15) is 103 Å². The first kappa shape index (κ1) is 40.6. The normalized spacial score (nSPS) is 13.4. The van der Waals surface area contributed by atoms with E-state index < -0.39 is 0 Å². The second-order valence-corrected chi connectivity index (χ2v) is 20.9. The highest BCUT2D eigenvalue weighted by atomic mass is 32.2. The van der Waals surface area contributed by atoms with Crippen LogP contribution in [0.15, 0.2) is 149 Å². The van der Waals surface area contributed by atoms with E-state index in [1.165, 1.54) is 130 Å². The molecule has 62 heavy (non-hydrogen) atoms. The maximum absolute atomic E-state index is 2.75. The van der Waals surface area contributed by atoms with Crippen LogP contribution >= 0.6 is 11.8 Å². The van der Waals surface area contributed by atoms with Gasteiger partial charge in [-0.3, -0.25) is 0 Å². The fourth-order valence-electron chi connectivity index (χ4n) is 10.2. The highest BCUT2D eigenvalue weighted by Crippen LogP contribution is 2.48. The Hall–Kier alpha value is -5.45. The summed E-state index contributed by atoms with van der Waals surface area (Å²) < 4.78 is 2.47. The fourth-order valence-corrected chi connectivity index (χ4v) is 11.4. The van der Waals surface area contributed by atoms with Crippen molar-refractivity contribution in [2.24, 2.45) is 0 Å². The lowest BCUT2D eigenvalue weighted by Crippen LogP contribution is -2.60. The summed E-state index contributed by atoms with van der Waals surface area (Å²) in [7, 11) is 0. The van der Waals surface area contributed by atoms with Gasteiger partial charge in [-0.25, -0.2) is 0 Å². The molecular formula is C58H59BN2S. The Morgan fingerprint density at radius 3 is 1.73 bits per heavy atom. The van der Waals surface area contributed by atoms with Gasteiger partial charge in [0.15, 0.2) is 0 Å². The molecule has 2 nitrogen and oxygen atoms in total. The topological polar surface area (TPSA) is 8.17 Å². The fraction of sp³-hybridized carbons (Fsp3) is 0.276. The standard InChI is InChI=1S/C58H59BN2S/c1-9-11-20-40-32-42(57(3,4)5)33-41(21-12-10-2)56(40)61-51-31-28-39(38-22-14-13-15-23-38)34-48(51)59-47-30-29-44(60-49-26-18-16-24-45(49)46-25-17-19-27-50(46)60)37-53(47)62-54-36-43(58(6,7)8)35-52(61)55(54)59/h13-19,22-37H,9-12,20-21H2,1-8H3. The summed E-state index contributed by atoms with van der Waals surface area (Å²) in [4.78, 5) is 5.46. The van der Waals surface area contributed by atoms with Crippen molar-refractivity contribution >= 4 is 73.7 Å². The molecule has 0 aliphatic carbocycles. The minimum Gasteiger partial charge on any atom is -0.311 e. The van der Waals surface area contributed by atoms with Gasteiger partial charge < -0.3 is 9.47 Å². The van der Waals surface area contributed by atoms with Gasteiger partial charge in [0.1, 0.15) is 0 Å². The molecule has 0 saturated carbocycles. The summed E-state index contributed by atoms with van der Waals surface area (Å²) in [5.74, 6) is 0. The molecule has 0 fully saturated rings. The van der Waals surface area contributed by atoms with Crippen LogP contribution in [-0.2, 0) is 23.7 Å². The molecule has 0 bridgehead atoms. The van der Waals surface area contributed by atoms with Crippen molar-refractivity contribution in [2.45, 2.75) is 115 Å². The quantitative estimate of drug-likeness (QED) is 0.134. The minimum absolute atomic E-state index is 0.0397. The van der Waals surface area contributed by atoms with Crippen LogP contribution < -0.4 is 21.3 Å². The average molecular weight is 827 g/mol. The molecule has 3 heterocycles. The monoisotopic (exact) mass is 826 g/mol. The van der Waals surface area contributed by atoms with Gasteiger partial charge in [0.05, 0.1) is 16.7 Å². The Labute approximate surface area is 374 Å². The number of rotatable bonds is 9. The van der Waals surface area contributed by atoms with E-state index in [0.29, 0.717) is 0 Å². The summed E-state index contributed by atoms with van der Waals surface area (Å²) in [5.41, 5.74) is 20.3. The third-order valence-corrected chi connectivity index (χ3v) is 14.7. The first-order valence-electron chi connectivity index (χ1n) is 23.1. The van der Waals surface area contributed by atoms with Crippen molar-refractivity contribution in [3.63, 3.8) is 0 Å². The first-order chi connectivity index (χ1) is 29.9. The Morgan fingerprint density at radius 1 is 0.516 bits per heavy atom. The second kappa shape index (κ2) is 15.7. The molecule has 2 aliphatic rings. The van der Waals surface area contributed by atoms with E-state index in [9.17, 15) is 0 Å². The van der Waals surface area contributed by atoms with E-state index in [1.807, 2.05) is 11.8 Å². The number of aryl methyl sites for hydroxylation is 2. The number of hydrogen-bond acceptors (Lipinski definition) is 2. The molecule has 310 valence electrons. The first-order valence-corrected chi connectivity index (χ1v) is 23.9. The third kappa shape index (κ3) is 6.90. The largest absolute Gasteiger partial charge is 0.311 e. The molecule has 0 N–H and O–H groups in total. The number of unbranched alkanes of at least 4 members (excludes halogenated alkanes) is 2. The van der Waals surface area contributed by atoms with Crippen molar-refractivity contribution in [1.29, 1.82) is 0 Å². The zero-order valence-corrected chi connectivity index (χ0v) is 38.7. The number of para-hydroxylation sites is 2. The molecule has 1 aromatic heterocycles. The van der Waals surface area contributed by atoms with Crippen LogP contribution in [0.2, 0.25) is 0 Å². The van der Waals surface area contributed by atoms with E-state index >= 15 is 0 Å². The molecule has 8 aromatic rings. The second-order valence-electron chi connectivity index (χ2n) is 19.9. The molecule has 0 radical (unpaired) electrons. The molecule has 4 heteroatoms. The van der Waals surface area contributed by atoms with E-state index in [0.717, 1.165) is 12.8 Å². The number of fused-ring (bicyclic) bond motifs is 7. The van der Waals surface area contributed by atoms with Crippen molar-refractivity contribution < 1.29 is 0 Å². The lowest BCUT2D eigenvalue weighted by atomic mass is 9.34. The molecule has 7 aromatic carbocycles. The Morgan fingerprint density at radius 2 is 1.11 bits per heavy atom. The van der Waals surface area contributed by atoms with Gasteiger partial charge in [-0.05, 0) is 123 Å². The number of benzene rings is 7. The molecular weight excluding hydrogens is 768 g/mol.